The molecule has 1 saturated carbocycles. The van der Waals surface area contributed by atoms with Gasteiger partial charge in [0, 0.05) is 44.2 Å². The molecule has 148 valence electrons. The lowest BCUT2D eigenvalue weighted by Gasteiger charge is -2.24. The van der Waals surface area contributed by atoms with Crippen LogP contribution in [0.1, 0.15) is 24.8 Å². The number of anilines is 1. The van der Waals surface area contributed by atoms with Gasteiger partial charge in [0.15, 0.2) is 0 Å². The van der Waals surface area contributed by atoms with Crippen molar-refractivity contribution in [1.82, 2.24) is 15.6 Å². The number of halogens is 4. The van der Waals surface area contributed by atoms with Gasteiger partial charge in [0.2, 0.25) is 5.91 Å². The summed E-state index contributed by atoms with van der Waals surface area (Å²) < 4.78 is 51.3. The molecule has 27 heavy (non-hydrogen) atoms. The van der Waals surface area contributed by atoms with Gasteiger partial charge < -0.3 is 15.5 Å². The van der Waals surface area contributed by atoms with Crippen molar-refractivity contribution < 1.29 is 22.4 Å². The van der Waals surface area contributed by atoms with Crippen LogP contribution in [0.3, 0.4) is 0 Å². The molecular weight excluding hydrogens is 364 g/mol. The highest BCUT2D eigenvalue weighted by Gasteiger charge is 2.44. The first-order valence-corrected chi connectivity index (χ1v) is 9.27. The third-order valence-electron chi connectivity index (χ3n) is 5.98. The Kier molecular flexibility index (Phi) is 4.73. The average molecular weight is 386 g/mol. The topological polar surface area (TPSA) is 57.3 Å². The molecule has 3 fully saturated rings. The van der Waals surface area contributed by atoms with E-state index in [0.29, 0.717) is 18.3 Å². The van der Waals surface area contributed by atoms with Gasteiger partial charge in [-0.1, -0.05) is 0 Å². The molecule has 9 heteroatoms. The van der Waals surface area contributed by atoms with Crippen molar-refractivity contribution in [2.24, 2.45) is 11.8 Å². The van der Waals surface area contributed by atoms with Crippen LogP contribution < -0.4 is 15.5 Å². The third-order valence-corrected chi connectivity index (χ3v) is 5.98. The molecule has 1 amide bonds. The van der Waals surface area contributed by atoms with Gasteiger partial charge in [0.25, 0.3) is 0 Å². The number of rotatable bonds is 3. The summed E-state index contributed by atoms with van der Waals surface area (Å²) in [5, 5.41) is 5.94. The van der Waals surface area contributed by atoms with E-state index in [1.807, 2.05) is 4.90 Å². The van der Waals surface area contributed by atoms with Crippen molar-refractivity contribution in [2.75, 3.05) is 24.5 Å². The number of nitrogens with one attached hydrogen (secondary N) is 2. The summed E-state index contributed by atoms with van der Waals surface area (Å²) in [5.41, 5.74) is -0.758. The van der Waals surface area contributed by atoms with Crippen LogP contribution in [0, 0.1) is 11.8 Å². The number of aromatic nitrogens is 1. The molecule has 3 heterocycles. The van der Waals surface area contributed by atoms with Gasteiger partial charge in [-0.2, -0.15) is 13.2 Å². The first kappa shape index (κ1) is 18.5. The summed E-state index contributed by atoms with van der Waals surface area (Å²) in [6.07, 6.45) is -2.48. The van der Waals surface area contributed by atoms with E-state index >= 15 is 0 Å². The largest absolute Gasteiger partial charge is 0.417 e. The van der Waals surface area contributed by atoms with Gasteiger partial charge in [0.05, 0.1) is 11.6 Å². The lowest BCUT2D eigenvalue weighted by atomic mass is 9.97. The molecule has 5 atom stereocenters. The van der Waals surface area contributed by atoms with Crippen LogP contribution in [0.25, 0.3) is 0 Å². The molecule has 3 aliphatic rings. The Balaban J connectivity index is 1.37. The maximum absolute atomic E-state index is 13.3. The summed E-state index contributed by atoms with van der Waals surface area (Å²) in [4.78, 5) is 18.3. The van der Waals surface area contributed by atoms with Crippen molar-refractivity contribution in [3.8, 4) is 0 Å². The van der Waals surface area contributed by atoms with Crippen LogP contribution in [0.4, 0.5) is 23.4 Å². The number of nitrogens with zero attached hydrogens (tertiary/aromatic N) is 2. The molecule has 0 aromatic carbocycles. The Morgan fingerprint density at radius 1 is 1.26 bits per heavy atom. The molecular formula is C18H22F4N4O. The number of hydrogen-bond donors (Lipinski definition) is 2. The summed E-state index contributed by atoms with van der Waals surface area (Å²) in [7, 11) is 0. The minimum absolute atomic E-state index is 0.0161. The van der Waals surface area contributed by atoms with Crippen molar-refractivity contribution in [3.63, 3.8) is 0 Å². The zero-order valence-corrected chi connectivity index (χ0v) is 14.7. The van der Waals surface area contributed by atoms with Crippen LogP contribution in [0.15, 0.2) is 18.3 Å². The van der Waals surface area contributed by atoms with Crippen LogP contribution in [-0.4, -0.2) is 48.8 Å². The van der Waals surface area contributed by atoms with E-state index in [4.69, 9.17) is 0 Å². The molecule has 0 spiro atoms. The molecule has 5 nitrogen and oxygen atoms in total. The van der Waals surface area contributed by atoms with Crippen molar-refractivity contribution >= 4 is 11.7 Å². The number of carbonyl (C=O) groups excluding carboxylic acids is 1. The molecule has 2 N–H and O–H groups in total. The van der Waals surface area contributed by atoms with Crippen LogP contribution in [0.5, 0.6) is 0 Å². The SMILES string of the molecule is O=C(N[C@H]1CC[C@@H]2CN(c3ccc(C(F)(F)F)cn3)C[C@@H]21)[C@@H]1C[C@@H](F)CN1. The number of carbonyl (C=O) groups is 1. The van der Waals surface area contributed by atoms with Gasteiger partial charge in [-0.25, -0.2) is 9.37 Å². The summed E-state index contributed by atoms with van der Waals surface area (Å²) >= 11 is 0. The Morgan fingerprint density at radius 3 is 2.70 bits per heavy atom. The quantitative estimate of drug-likeness (QED) is 0.782. The minimum Gasteiger partial charge on any atom is -0.356 e. The maximum Gasteiger partial charge on any atom is 0.417 e. The number of hydrogen-bond acceptors (Lipinski definition) is 4. The normalized spacial score (nSPS) is 33.3. The van der Waals surface area contributed by atoms with Crippen LogP contribution in [-0.2, 0) is 11.0 Å². The number of pyridine rings is 1. The fraction of sp³-hybridized carbons (Fsp3) is 0.667. The second kappa shape index (κ2) is 6.92. The lowest BCUT2D eigenvalue weighted by Crippen LogP contribution is -2.47. The predicted octanol–water partition coefficient (Wildman–Crippen LogP) is 2.13. The van der Waals surface area contributed by atoms with Gasteiger partial charge in [-0.15, -0.1) is 0 Å². The average Bonchev–Trinajstić information content (AvgIpc) is 3.31. The van der Waals surface area contributed by atoms with Gasteiger partial charge in [0.1, 0.15) is 12.0 Å². The maximum atomic E-state index is 13.3. The van der Waals surface area contributed by atoms with Crippen LogP contribution in [0.2, 0.25) is 0 Å². The molecule has 2 saturated heterocycles. The molecule has 4 rings (SSSR count). The van der Waals surface area contributed by atoms with E-state index in [1.165, 1.54) is 6.07 Å². The van der Waals surface area contributed by atoms with Crippen molar-refractivity contribution in [1.29, 1.82) is 0 Å². The van der Waals surface area contributed by atoms with E-state index in [2.05, 4.69) is 15.6 Å². The number of fused-ring (bicyclic) bond motifs is 1. The second-order valence-corrected chi connectivity index (χ2v) is 7.72. The lowest BCUT2D eigenvalue weighted by molar-refractivity contribution is -0.137. The molecule has 0 bridgehead atoms. The van der Waals surface area contributed by atoms with E-state index in [-0.39, 0.29) is 30.8 Å². The zero-order chi connectivity index (χ0) is 19.2. The second-order valence-electron chi connectivity index (χ2n) is 7.72. The zero-order valence-electron chi connectivity index (χ0n) is 14.7. The number of alkyl halides is 4. The Labute approximate surface area is 154 Å². The highest BCUT2D eigenvalue weighted by molar-refractivity contribution is 5.82. The Bertz CT molecular complexity index is 696. The van der Waals surface area contributed by atoms with Crippen molar-refractivity contribution in [2.45, 2.75) is 43.7 Å². The molecule has 1 aliphatic carbocycles. The molecule has 0 unspecified atom stereocenters. The number of amides is 1. The Morgan fingerprint density at radius 2 is 2.07 bits per heavy atom. The molecule has 2 aliphatic heterocycles. The first-order chi connectivity index (χ1) is 12.8. The molecule has 1 aromatic rings. The van der Waals surface area contributed by atoms with Crippen molar-refractivity contribution in [3.05, 3.63) is 23.9 Å². The van der Waals surface area contributed by atoms with E-state index in [0.717, 1.165) is 31.6 Å². The van der Waals surface area contributed by atoms with E-state index < -0.39 is 24.0 Å². The Hall–Kier alpha value is -1.90. The highest BCUT2D eigenvalue weighted by Crippen LogP contribution is 2.40. The van der Waals surface area contributed by atoms with E-state index in [9.17, 15) is 22.4 Å². The molecule has 0 radical (unpaired) electrons. The summed E-state index contributed by atoms with van der Waals surface area (Å²) in [6.45, 7) is 1.59. The van der Waals surface area contributed by atoms with Gasteiger partial charge in [-0.05, 0) is 30.9 Å². The smallest absolute Gasteiger partial charge is 0.356 e. The van der Waals surface area contributed by atoms with Gasteiger partial charge >= 0.3 is 6.18 Å². The fourth-order valence-corrected chi connectivity index (χ4v) is 4.55. The predicted molar refractivity (Wildman–Crippen MR) is 90.9 cm³/mol. The van der Waals surface area contributed by atoms with Gasteiger partial charge in [-0.3, -0.25) is 4.79 Å². The summed E-state index contributed by atoms with van der Waals surface area (Å²) in [6, 6.07) is 1.99. The summed E-state index contributed by atoms with van der Waals surface area (Å²) in [5.74, 6) is 0.984. The monoisotopic (exact) mass is 386 g/mol. The van der Waals surface area contributed by atoms with Crippen LogP contribution >= 0.6 is 0 Å². The fourth-order valence-electron chi connectivity index (χ4n) is 4.55. The standard InChI is InChI=1S/C18H22F4N4O/c19-12-5-15(23-7-12)17(27)25-14-3-1-10-8-26(9-13(10)14)16-4-2-11(6-24-16)18(20,21)22/h2,4,6,10,12-15,23H,1,3,5,7-9H2,(H,25,27)/t10-,12-,13+,14+,15+/m1/s1. The molecule has 1 aromatic heterocycles. The highest BCUT2D eigenvalue weighted by atomic mass is 19.4. The first-order valence-electron chi connectivity index (χ1n) is 9.27. The minimum atomic E-state index is -4.39. The third kappa shape index (κ3) is 3.74. The van der Waals surface area contributed by atoms with E-state index in [1.54, 1.807) is 0 Å².